The van der Waals surface area contributed by atoms with E-state index < -0.39 is 0 Å². The number of imidazole rings is 1. The Bertz CT molecular complexity index is 954. The van der Waals surface area contributed by atoms with E-state index in [4.69, 9.17) is 9.72 Å². The summed E-state index contributed by atoms with van der Waals surface area (Å²) in [7, 11) is 0. The fourth-order valence-corrected chi connectivity index (χ4v) is 4.70. The van der Waals surface area contributed by atoms with Crippen LogP contribution in [0.1, 0.15) is 48.2 Å². The first-order valence-electron chi connectivity index (χ1n) is 8.77. The molecule has 0 bridgehead atoms. The predicted molar refractivity (Wildman–Crippen MR) is 94.8 cm³/mol. The molecule has 0 saturated heterocycles. The molecule has 1 aliphatic heterocycles. The lowest BCUT2D eigenvalue weighted by Crippen LogP contribution is -1.94. The quantitative estimate of drug-likeness (QED) is 0.696. The van der Waals surface area contributed by atoms with Gasteiger partial charge >= 0.3 is 0 Å². The van der Waals surface area contributed by atoms with Gasteiger partial charge in [0.25, 0.3) is 0 Å². The number of aryl methyl sites for hydroxylation is 1. The number of hydrogen-bond donors (Lipinski definition) is 0. The lowest BCUT2D eigenvalue weighted by atomic mass is 9.96. The highest BCUT2D eigenvalue weighted by Crippen LogP contribution is 2.70. The van der Waals surface area contributed by atoms with Crippen molar-refractivity contribution in [3.8, 4) is 5.75 Å². The molecule has 1 saturated carbocycles. The summed E-state index contributed by atoms with van der Waals surface area (Å²) in [6.45, 7) is 7.76. The molecular formula is C21H22N2O. The van der Waals surface area contributed by atoms with Crippen molar-refractivity contribution in [3.63, 3.8) is 0 Å². The molecular weight excluding hydrogens is 296 g/mol. The van der Waals surface area contributed by atoms with Crippen LogP contribution in [0.15, 0.2) is 42.6 Å². The van der Waals surface area contributed by atoms with Crippen LogP contribution in [0.5, 0.6) is 5.75 Å². The lowest BCUT2D eigenvalue weighted by Gasteiger charge is -2.08. The molecule has 3 heteroatoms. The van der Waals surface area contributed by atoms with Crippen molar-refractivity contribution < 1.29 is 4.74 Å². The molecule has 3 nitrogen and oxygen atoms in total. The molecule has 1 aliphatic carbocycles. The van der Waals surface area contributed by atoms with Crippen LogP contribution in [0.2, 0.25) is 0 Å². The molecule has 2 atom stereocenters. The summed E-state index contributed by atoms with van der Waals surface area (Å²) in [5.74, 6) is 2.09. The average molecular weight is 318 g/mol. The highest BCUT2D eigenvalue weighted by molar-refractivity contribution is 5.53. The highest BCUT2D eigenvalue weighted by atomic mass is 16.5. The van der Waals surface area contributed by atoms with E-state index in [1.165, 1.54) is 22.5 Å². The molecule has 24 heavy (non-hydrogen) atoms. The predicted octanol–water partition coefficient (Wildman–Crippen LogP) is 4.48. The summed E-state index contributed by atoms with van der Waals surface area (Å²) in [6, 6.07) is 12.8. The molecule has 122 valence electrons. The molecule has 3 heterocycles. The first kappa shape index (κ1) is 14.1. The van der Waals surface area contributed by atoms with Crippen molar-refractivity contribution in [2.45, 2.75) is 39.0 Å². The Morgan fingerprint density at radius 1 is 1.12 bits per heavy atom. The SMILES string of the molecule is Cc1c([C@@H]2[C@@H](c3cccc4c3CCO4)C2(C)C)nc2ccccn12. The molecule has 1 fully saturated rings. The lowest BCUT2D eigenvalue weighted by molar-refractivity contribution is 0.357. The third-order valence-electron chi connectivity index (χ3n) is 6.04. The fourth-order valence-electron chi connectivity index (χ4n) is 4.70. The number of ether oxygens (including phenoxy) is 1. The summed E-state index contributed by atoms with van der Waals surface area (Å²) in [5.41, 5.74) is 6.70. The minimum atomic E-state index is 0.237. The van der Waals surface area contributed by atoms with Crippen LogP contribution in [0.25, 0.3) is 5.65 Å². The number of benzene rings is 1. The van der Waals surface area contributed by atoms with Gasteiger partial charge in [-0.1, -0.05) is 32.0 Å². The smallest absolute Gasteiger partial charge is 0.137 e. The molecule has 0 radical (unpaired) electrons. The van der Waals surface area contributed by atoms with E-state index >= 15 is 0 Å². The van der Waals surface area contributed by atoms with Crippen molar-refractivity contribution >= 4 is 5.65 Å². The van der Waals surface area contributed by atoms with Gasteiger partial charge in [0.15, 0.2) is 0 Å². The molecule has 0 unspecified atom stereocenters. The van der Waals surface area contributed by atoms with Gasteiger partial charge in [-0.05, 0) is 42.0 Å². The molecule has 3 aromatic rings. The second-order valence-corrected chi connectivity index (χ2v) is 7.71. The van der Waals surface area contributed by atoms with Gasteiger partial charge in [-0.2, -0.15) is 0 Å². The number of hydrogen-bond acceptors (Lipinski definition) is 2. The van der Waals surface area contributed by atoms with E-state index in [1.54, 1.807) is 0 Å². The molecule has 0 N–H and O–H groups in total. The van der Waals surface area contributed by atoms with Crippen LogP contribution in [0, 0.1) is 12.3 Å². The van der Waals surface area contributed by atoms with Gasteiger partial charge in [-0.3, -0.25) is 0 Å². The van der Waals surface area contributed by atoms with E-state index in [1.807, 2.05) is 0 Å². The number of rotatable bonds is 2. The number of fused-ring (bicyclic) bond motifs is 2. The van der Waals surface area contributed by atoms with Crippen molar-refractivity contribution in [1.82, 2.24) is 9.38 Å². The van der Waals surface area contributed by atoms with Gasteiger partial charge < -0.3 is 9.14 Å². The van der Waals surface area contributed by atoms with Crippen LogP contribution in [0.3, 0.4) is 0 Å². The Balaban J connectivity index is 1.62. The number of pyridine rings is 1. The Labute approximate surface area is 142 Å². The van der Waals surface area contributed by atoms with E-state index in [0.717, 1.165) is 24.4 Å². The van der Waals surface area contributed by atoms with Gasteiger partial charge in [0.05, 0.1) is 12.3 Å². The van der Waals surface area contributed by atoms with Gasteiger partial charge in [-0.25, -0.2) is 4.98 Å². The summed E-state index contributed by atoms with van der Waals surface area (Å²) >= 11 is 0. The maximum absolute atomic E-state index is 5.78. The number of nitrogens with zero attached hydrogens (tertiary/aromatic N) is 2. The summed E-state index contributed by atoms with van der Waals surface area (Å²) in [5, 5.41) is 0. The topological polar surface area (TPSA) is 26.5 Å². The number of aromatic nitrogens is 2. The Morgan fingerprint density at radius 3 is 2.83 bits per heavy atom. The van der Waals surface area contributed by atoms with Crippen LogP contribution in [-0.2, 0) is 6.42 Å². The molecule has 5 rings (SSSR count). The second-order valence-electron chi connectivity index (χ2n) is 7.71. The third kappa shape index (κ3) is 1.75. The summed E-state index contributed by atoms with van der Waals surface area (Å²) in [4.78, 5) is 4.97. The van der Waals surface area contributed by atoms with Gasteiger partial charge in [0.2, 0.25) is 0 Å². The third-order valence-corrected chi connectivity index (χ3v) is 6.04. The monoisotopic (exact) mass is 318 g/mol. The molecule has 0 spiro atoms. The molecule has 2 aromatic heterocycles. The molecule has 1 aromatic carbocycles. The van der Waals surface area contributed by atoms with E-state index in [-0.39, 0.29) is 5.41 Å². The normalized spacial score (nSPS) is 24.0. The summed E-state index contributed by atoms with van der Waals surface area (Å²) < 4.78 is 7.99. The maximum atomic E-state index is 5.78. The second kappa shape index (κ2) is 4.62. The molecule has 2 aliphatic rings. The first-order valence-corrected chi connectivity index (χ1v) is 8.77. The zero-order valence-electron chi connectivity index (χ0n) is 14.4. The first-order chi connectivity index (χ1) is 11.6. The van der Waals surface area contributed by atoms with E-state index in [0.29, 0.717) is 11.8 Å². The van der Waals surface area contributed by atoms with Crippen molar-refractivity contribution in [1.29, 1.82) is 0 Å². The Hall–Kier alpha value is -2.29. The van der Waals surface area contributed by atoms with Crippen LogP contribution >= 0.6 is 0 Å². The Morgan fingerprint density at radius 2 is 2.00 bits per heavy atom. The van der Waals surface area contributed by atoms with E-state index in [2.05, 4.69) is 67.8 Å². The van der Waals surface area contributed by atoms with Gasteiger partial charge in [0, 0.05) is 29.8 Å². The van der Waals surface area contributed by atoms with Crippen molar-refractivity contribution in [3.05, 3.63) is 65.1 Å². The fraction of sp³-hybridized carbons (Fsp3) is 0.381. The summed E-state index contributed by atoms with van der Waals surface area (Å²) in [6.07, 6.45) is 3.15. The van der Waals surface area contributed by atoms with E-state index in [9.17, 15) is 0 Å². The molecule has 0 amide bonds. The minimum Gasteiger partial charge on any atom is -0.493 e. The van der Waals surface area contributed by atoms with Crippen LogP contribution in [0.4, 0.5) is 0 Å². The Kier molecular flexibility index (Phi) is 2.71. The van der Waals surface area contributed by atoms with Gasteiger partial charge in [-0.15, -0.1) is 0 Å². The average Bonchev–Trinajstić information content (AvgIpc) is 2.94. The largest absolute Gasteiger partial charge is 0.493 e. The van der Waals surface area contributed by atoms with Crippen molar-refractivity contribution in [2.24, 2.45) is 5.41 Å². The maximum Gasteiger partial charge on any atom is 0.137 e. The van der Waals surface area contributed by atoms with Crippen LogP contribution in [-0.4, -0.2) is 16.0 Å². The van der Waals surface area contributed by atoms with Crippen LogP contribution < -0.4 is 4.74 Å². The standard InChI is InChI=1S/C21H22N2O/c1-13-20(22-17-9-4-5-11-23(13)17)19-18(21(19,2)3)15-7-6-8-16-14(15)10-12-24-16/h4-9,11,18-19H,10,12H2,1-3H3/t18-,19+/m1/s1. The zero-order valence-corrected chi connectivity index (χ0v) is 14.4. The zero-order chi connectivity index (χ0) is 16.5. The van der Waals surface area contributed by atoms with Crippen molar-refractivity contribution in [2.75, 3.05) is 6.61 Å². The highest BCUT2D eigenvalue weighted by Gasteiger charge is 2.61. The minimum absolute atomic E-state index is 0.237. The van der Waals surface area contributed by atoms with Gasteiger partial charge in [0.1, 0.15) is 11.4 Å².